The molecule has 0 radical (unpaired) electrons. The molecular formula is C19H25ClN4. The lowest BCUT2D eigenvalue weighted by Crippen LogP contribution is -2.44. The highest BCUT2D eigenvalue weighted by molar-refractivity contribution is 6.30. The number of aromatic nitrogens is 3. The Morgan fingerprint density at radius 2 is 2.04 bits per heavy atom. The summed E-state index contributed by atoms with van der Waals surface area (Å²) in [5.74, 6) is 0.753. The predicted molar refractivity (Wildman–Crippen MR) is 96.2 cm³/mol. The smallest absolute Gasteiger partial charge is 0.137 e. The summed E-state index contributed by atoms with van der Waals surface area (Å²) in [5, 5.41) is 9.09. The molecule has 0 saturated heterocycles. The van der Waals surface area contributed by atoms with Crippen molar-refractivity contribution >= 4 is 11.6 Å². The van der Waals surface area contributed by atoms with Crippen molar-refractivity contribution in [3.8, 4) is 0 Å². The standard InChI is InChI=1S/C19H25ClN4/c1-14-2-7-17(18(10-14)24-13-21-12-23-24)22-11-19(8-9-19)15-3-5-16(20)6-4-15/h3-6,12-14,17-18,22H,2,7-11H2,1H3/t14-,17-,18-/m1/s1. The Morgan fingerprint density at radius 1 is 1.25 bits per heavy atom. The molecule has 1 N–H and O–H groups in total. The molecule has 0 bridgehead atoms. The van der Waals surface area contributed by atoms with E-state index in [1.54, 1.807) is 6.33 Å². The first kappa shape index (κ1) is 16.1. The first-order chi connectivity index (χ1) is 11.7. The molecule has 2 aliphatic carbocycles. The minimum absolute atomic E-state index is 0.306. The van der Waals surface area contributed by atoms with Crippen molar-refractivity contribution in [1.82, 2.24) is 20.1 Å². The second-order valence-electron chi connectivity index (χ2n) is 7.64. The third-order valence-electron chi connectivity index (χ3n) is 5.87. The maximum absolute atomic E-state index is 6.04. The van der Waals surface area contributed by atoms with E-state index in [1.807, 2.05) is 18.5 Å². The molecular weight excluding hydrogens is 320 g/mol. The Bertz CT molecular complexity index is 663. The summed E-state index contributed by atoms with van der Waals surface area (Å²) in [7, 11) is 0. The van der Waals surface area contributed by atoms with Crippen LogP contribution in [0.4, 0.5) is 0 Å². The molecule has 1 aromatic heterocycles. The molecule has 3 atom stereocenters. The summed E-state index contributed by atoms with van der Waals surface area (Å²) < 4.78 is 2.05. The summed E-state index contributed by atoms with van der Waals surface area (Å²) in [6, 6.07) is 9.29. The first-order valence-electron chi connectivity index (χ1n) is 9.00. The van der Waals surface area contributed by atoms with Gasteiger partial charge in [-0.2, -0.15) is 5.10 Å². The Hall–Kier alpha value is -1.39. The molecule has 0 unspecified atom stereocenters. The molecule has 0 aliphatic heterocycles. The van der Waals surface area contributed by atoms with Crippen molar-refractivity contribution in [2.75, 3.05) is 6.54 Å². The van der Waals surface area contributed by atoms with Crippen LogP contribution in [0.3, 0.4) is 0 Å². The van der Waals surface area contributed by atoms with Gasteiger partial charge in [-0.3, -0.25) is 0 Å². The zero-order valence-corrected chi connectivity index (χ0v) is 14.9. The van der Waals surface area contributed by atoms with E-state index in [9.17, 15) is 0 Å². The van der Waals surface area contributed by atoms with E-state index in [0.29, 0.717) is 17.5 Å². The molecule has 2 fully saturated rings. The van der Waals surface area contributed by atoms with E-state index in [-0.39, 0.29) is 0 Å². The molecule has 4 rings (SSSR count). The zero-order valence-electron chi connectivity index (χ0n) is 14.2. The van der Waals surface area contributed by atoms with Crippen molar-refractivity contribution in [3.05, 3.63) is 47.5 Å². The van der Waals surface area contributed by atoms with E-state index < -0.39 is 0 Å². The van der Waals surface area contributed by atoms with Crippen LogP contribution in [0.1, 0.15) is 50.6 Å². The van der Waals surface area contributed by atoms with Gasteiger partial charge in [0.15, 0.2) is 0 Å². The van der Waals surface area contributed by atoms with Crippen molar-refractivity contribution in [2.45, 2.75) is 56.5 Å². The fraction of sp³-hybridized carbons (Fsp3) is 0.579. The van der Waals surface area contributed by atoms with Gasteiger partial charge in [-0.05, 0) is 55.7 Å². The SMILES string of the molecule is C[C@@H]1CC[C@@H](NCC2(c3ccc(Cl)cc3)CC2)[C@H](n2cncn2)C1. The first-order valence-corrected chi connectivity index (χ1v) is 9.38. The van der Waals surface area contributed by atoms with Gasteiger partial charge in [0, 0.05) is 23.0 Å². The lowest BCUT2D eigenvalue weighted by Gasteiger charge is -2.36. The quantitative estimate of drug-likeness (QED) is 0.892. The predicted octanol–water partition coefficient (Wildman–Crippen LogP) is 3.98. The molecule has 0 amide bonds. The van der Waals surface area contributed by atoms with Gasteiger partial charge in [-0.25, -0.2) is 9.67 Å². The maximum atomic E-state index is 6.04. The summed E-state index contributed by atoms with van der Waals surface area (Å²) in [4.78, 5) is 4.15. The molecule has 128 valence electrons. The van der Waals surface area contributed by atoms with Crippen molar-refractivity contribution < 1.29 is 0 Å². The molecule has 2 aromatic rings. The number of nitrogens with zero attached hydrogens (tertiary/aromatic N) is 3. The van der Waals surface area contributed by atoms with E-state index in [2.05, 4.69) is 39.1 Å². The van der Waals surface area contributed by atoms with Gasteiger partial charge in [-0.15, -0.1) is 0 Å². The molecule has 0 spiro atoms. The Morgan fingerprint density at radius 3 is 2.71 bits per heavy atom. The Labute approximate surface area is 148 Å². The zero-order chi connectivity index (χ0) is 16.6. The molecule has 2 aliphatic rings. The fourth-order valence-corrected chi connectivity index (χ4v) is 4.24. The average molecular weight is 345 g/mol. The third kappa shape index (κ3) is 3.22. The maximum Gasteiger partial charge on any atom is 0.137 e. The fourth-order valence-electron chi connectivity index (χ4n) is 4.12. The average Bonchev–Trinajstić information content (AvgIpc) is 3.18. The van der Waals surface area contributed by atoms with Crippen LogP contribution in [0.2, 0.25) is 5.02 Å². The minimum Gasteiger partial charge on any atom is -0.311 e. The molecule has 1 heterocycles. The van der Waals surface area contributed by atoms with Crippen LogP contribution in [0, 0.1) is 5.92 Å². The molecule has 24 heavy (non-hydrogen) atoms. The van der Waals surface area contributed by atoms with Crippen molar-refractivity contribution in [2.24, 2.45) is 5.92 Å². The molecule has 4 nitrogen and oxygen atoms in total. The molecule has 2 saturated carbocycles. The van der Waals surface area contributed by atoms with Gasteiger partial charge in [0.25, 0.3) is 0 Å². The largest absolute Gasteiger partial charge is 0.311 e. The van der Waals surface area contributed by atoms with Gasteiger partial charge in [0.05, 0.1) is 6.04 Å². The second-order valence-corrected chi connectivity index (χ2v) is 8.07. The van der Waals surface area contributed by atoms with Gasteiger partial charge in [0.1, 0.15) is 12.7 Å². The number of halogens is 1. The lowest BCUT2D eigenvalue weighted by atomic mass is 9.83. The summed E-state index contributed by atoms with van der Waals surface area (Å²) in [5.41, 5.74) is 1.72. The minimum atomic E-state index is 0.306. The number of benzene rings is 1. The van der Waals surface area contributed by atoms with Crippen LogP contribution >= 0.6 is 11.6 Å². The lowest BCUT2D eigenvalue weighted by molar-refractivity contribution is 0.199. The van der Waals surface area contributed by atoms with Crippen LogP contribution in [-0.4, -0.2) is 27.4 Å². The summed E-state index contributed by atoms with van der Waals surface area (Å²) in [6.45, 7) is 3.38. The Balaban J connectivity index is 1.45. The van der Waals surface area contributed by atoms with Gasteiger partial charge in [-0.1, -0.05) is 30.7 Å². The number of nitrogens with one attached hydrogen (secondary N) is 1. The Kier molecular flexibility index (Phi) is 4.35. The van der Waals surface area contributed by atoms with Gasteiger partial charge >= 0.3 is 0 Å². The second kappa shape index (κ2) is 6.49. The number of rotatable bonds is 5. The van der Waals surface area contributed by atoms with Crippen LogP contribution in [0.5, 0.6) is 0 Å². The van der Waals surface area contributed by atoms with Gasteiger partial charge in [0.2, 0.25) is 0 Å². The van der Waals surface area contributed by atoms with Crippen molar-refractivity contribution in [3.63, 3.8) is 0 Å². The highest BCUT2D eigenvalue weighted by Crippen LogP contribution is 2.48. The van der Waals surface area contributed by atoms with E-state index in [4.69, 9.17) is 11.6 Å². The normalized spacial score (nSPS) is 28.7. The van der Waals surface area contributed by atoms with Crippen LogP contribution in [0.25, 0.3) is 0 Å². The topological polar surface area (TPSA) is 42.7 Å². The molecule has 1 aromatic carbocycles. The summed E-state index contributed by atoms with van der Waals surface area (Å²) in [6.07, 6.45) is 9.71. The third-order valence-corrected chi connectivity index (χ3v) is 6.12. The van der Waals surface area contributed by atoms with Gasteiger partial charge < -0.3 is 5.32 Å². The van der Waals surface area contributed by atoms with Crippen LogP contribution < -0.4 is 5.32 Å². The summed E-state index contributed by atoms with van der Waals surface area (Å²) >= 11 is 6.04. The monoisotopic (exact) mass is 344 g/mol. The van der Waals surface area contributed by atoms with Crippen molar-refractivity contribution in [1.29, 1.82) is 0 Å². The number of hydrogen-bond acceptors (Lipinski definition) is 3. The van der Waals surface area contributed by atoms with E-state index >= 15 is 0 Å². The van der Waals surface area contributed by atoms with Crippen LogP contribution in [-0.2, 0) is 5.41 Å². The number of hydrogen-bond donors (Lipinski definition) is 1. The van der Waals surface area contributed by atoms with E-state index in [1.165, 1.54) is 37.7 Å². The van der Waals surface area contributed by atoms with Crippen LogP contribution in [0.15, 0.2) is 36.9 Å². The highest BCUT2D eigenvalue weighted by atomic mass is 35.5. The van der Waals surface area contributed by atoms with E-state index in [0.717, 1.165) is 17.5 Å². The molecule has 5 heteroatoms. The highest BCUT2D eigenvalue weighted by Gasteiger charge is 2.44.